The molecule has 1 amide bonds. The molecular weight excluding hydrogens is 196 g/mol. The molecule has 5 heteroatoms. The van der Waals surface area contributed by atoms with E-state index in [9.17, 15) is 9.59 Å². The lowest BCUT2D eigenvalue weighted by Crippen LogP contribution is -2.50. The Morgan fingerprint density at radius 3 is 2.27 bits per heavy atom. The Morgan fingerprint density at radius 1 is 1.40 bits per heavy atom. The van der Waals surface area contributed by atoms with Crippen LogP contribution in [0.3, 0.4) is 0 Å². The number of aliphatic carboxylic acids is 1. The number of amides is 1. The maximum Gasteiger partial charge on any atom is 0.326 e. The minimum atomic E-state index is -1.01. The van der Waals surface area contributed by atoms with Crippen molar-refractivity contribution in [3.05, 3.63) is 0 Å². The third kappa shape index (κ3) is 4.78. The molecule has 15 heavy (non-hydrogen) atoms. The number of carboxylic acid groups (broad SMARTS) is 1. The van der Waals surface area contributed by atoms with E-state index >= 15 is 0 Å². The predicted octanol–water partition coefficient (Wildman–Crippen LogP) is 0.339. The van der Waals surface area contributed by atoms with Crippen LogP contribution in [0.15, 0.2) is 0 Å². The van der Waals surface area contributed by atoms with Gasteiger partial charge in [0.25, 0.3) is 0 Å². The highest BCUT2D eigenvalue weighted by Crippen LogP contribution is 2.01. The Kier molecular flexibility index (Phi) is 5.93. The lowest BCUT2D eigenvalue weighted by Gasteiger charge is -2.19. The number of hydrogen-bond donors (Lipinski definition) is 3. The van der Waals surface area contributed by atoms with Crippen molar-refractivity contribution in [2.45, 2.75) is 45.7 Å². The minimum absolute atomic E-state index is 0.000992. The molecule has 4 N–H and O–H groups in total. The highest BCUT2D eigenvalue weighted by molar-refractivity contribution is 5.86. The van der Waals surface area contributed by atoms with E-state index in [1.807, 2.05) is 20.8 Å². The van der Waals surface area contributed by atoms with E-state index < -0.39 is 24.0 Å². The van der Waals surface area contributed by atoms with Crippen molar-refractivity contribution in [3.63, 3.8) is 0 Å². The van der Waals surface area contributed by atoms with Crippen LogP contribution in [0.2, 0.25) is 0 Å². The number of rotatable bonds is 6. The SMILES string of the molecule is CCC[C@@H](NC(=O)C(N)C(C)C)C(=O)O. The summed E-state index contributed by atoms with van der Waals surface area (Å²) in [6.07, 6.45) is 1.13. The molecule has 0 heterocycles. The molecule has 0 aromatic rings. The van der Waals surface area contributed by atoms with Gasteiger partial charge in [0, 0.05) is 0 Å². The molecule has 0 radical (unpaired) electrons. The Morgan fingerprint density at radius 2 is 1.93 bits per heavy atom. The normalized spacial score (nSPS) is 14.7. The topological polar surface area (TPSA) is 92.4 Å². The molecule has 0 saturated heterocycles. The van der Waals surface area contributed by atoms with Crippen LogP contribution < -0.4 is 11.1 Å². The van der Waals surface area contributed by atoms with Crippen molar-refractivity contribution in [2.75, 3.05) is 0 Å². The van der Waals surface area contributed by atoms with Crippen molar-refractivity contribution >= 4 is 11.9 Å². The first kappa shape index (κ1) is 13.9. The van der Waals surface area contributed by atoms with Crippen molar-refractivity contribution in [3.8, 4) is 0 Å². The summed E-state index contributed by atoms with van der Waals surface area (Å²) in [5.74, 6) is -1.41. The van der Waals surface area contributed by atoms with E-state index in [-0.39, 0.29) is 5.92 Å². The molecule has 0 aliphatic rings. The summed E-state index contributed by atoms with van der Waals surface area (Å²) in [6.45, 7) is 5.50. The van der Waals surface area contributed by atoms with E-state index in [0.29, 0.717) is 12.8 Å². The first-order valence-electron chi connectivity index (χ1n) is 5.18. The van der Waals surface area contributed by atoms with Crippen molar-refractivity contribution in [1.82, 2.24) is 5.32 Å². The number of carbonyl (C=O) groups excluding carboxylic acids is 1. The van der Waals surface area contributed by atoms with Crippen molar-refractivity contribution in [1.29, 1.82) is 0 Å². The predicted molar refractivity (Wildman–Crippen MR) is 57.3 cm³/mol. The highest BCUT2D eigenvalue weighted by Gasteiger charge is 2.23. The van der Waals surface area contributed by atoms with Gasteiger partial charge in [-0.25, -0.2) is 4.79 Å². The summed E-state index contributed by atoms with van der Waals surface area (Å²) in [7, 11) is 0. The van der Waals surface area contributed by atoms with E-state index in [2.05, 4.69) is 5.32 Å². The van der Waals surface area contributed by atoms with E-state index in [1.54, 1.807) is 0 Å². The van der Waals surface area contributed by atoms with Crippen LogP contribution in [0.1, 0.15) is 33.6 Å². The minimum Gasteiger partial charge on any atom is -0.480 e. The average Bonchev–Trinajstić information content (AvgIpc) is 2.15. The lowest BCUT2D eigenvalue weighted by atomic mass is 10.0. The number of nitrogens with one attached hydrogen (secondary N) is 1. The van der Waals surface area contributed by atoms with Crippen LogP contribution in [0.5, 0.6) is 0 Å². The second-order valence-corrected chi connectivity index (χ2v) is 3.96. The lowest BCUT2D eigenvalue weighted by molar-refractivity contribution is -0.142. The fourth-order valence-corrected chi connectivity index (χ4v) is 1.12. The highest BCUT2D eigenvalue weighted by atomic mass is 16.4. The van der Waals surface area contributed by atoms with Gasteiger partial charge in [-0.3, -0.25) is 4.79 Å². The molecule has 0 aromatic carbocycles. The Bertz CT molecular complexity index is 229. The molecule has 88 valence electrons. The monoisotopic (exact) mass is 216 g/mol. The van der Waals surface area contributed by atoms with Gasteiger partial charge < -0.3 is 16.2 Å². The summed E-state index contributed by atoms with van der Waals surface area (Å²) in [6, 6.07) is -1.48. The summed E-state index contributed by atoms with van der Waals surface area (Å²) < 4.78 is 0. The van der Waals surface area contributed by atoms with E-state index in [0.717, 1.165) is 0 Å². The molecule has 0 spiro atoms. The quantitative estimate of drug-likeness (QED) is 0.597. The second kappa shape index (κ2) is 6.40. The van der Waals surface area contributed by atoms with Gasteiger partial charge in [0.05, 0.1) is 6.04 Å². The van der Waals surface area contributed by atoms with Crippen LogP contribution >= 0.6 is 0 Å². The zero-order chi connectivity index (χ0) is 12.0. The molecule has 0 rings (SSSR count). The van der Waals surface area contributed by atoms with Crippen LogP contribution in [-0.2, 0) is 9.59 Å². The molecule has 1 unspecified atom stereocenters. The summed E-state index contributed by atoms with van der Waals surface area (Å²) >= 11 is 0. The summed E-state index contributed by atoms with van der Waals surface area (Å²) in [5, 5.41) is 11.3. The zero-order valence-electron chi connectivity index (χ0n) is 9.49. The number of carboxylic acids is 1. The number of nitrogens with two attached hydrogens (primary N) is 1. The molecule has 2 atom stereocenters. The molecule has 0 saturated carbocycles. The first-order valence-corrected chi connectivity index (χ1v) is 5.18. The molecular formula is C10H20N2O3. The van der Waals surface area contributed by atoms with Gasteiger partial charge >= 0.3 is 5.97 Å². The first-order chi connectivity index (χ1) is 6.90. The second-order valence-electron chi connectivity index (χ2n) is 3.96. The third-order valence-electron chi connectivity index (χ3n) is 2.21. The van der Waals surface area contributed by atoms with Crippen LogP contribution in [0.25, 0.3) is 0 Å². The van der Waals surface area contributed by atoms with Crippen LogP contribution in [0, 0.1) is 5.92 Å². The fourth-order valence-electron chi connectivity index (χ4n) is 1.12. The molecule has 5 nitrogen and oxygen atoms in total. The van der Waals surface area contributed by atoms with Gasteiger partial charge in [0.1, 0.15) is 6.04 Å². The van der Waals surface area contributed by atoms with Gasteiger partial charge in [0.2, 0.25) is 5.91 Å². The van der Waals surface area contributed by atoms with Gasteiger partial charge in [-0.05, 0) is 12.3 Å². The average molecular weight is 216 g/mol. The van der Waals surface area contributed by atoms with Crippen molar-refractivity contribution in [2.24, 2.45) is 11.7 Å². The molecule has 0 fully saturated rings. The van der Waals surface area contributed by atoms with Crippen LogP contribution in [-0.4, -0.2) is 29.1 Å². The Labute approximate surface area is 90.0 Å². The van der Waals surface area contributed by atoms with Crippen molar-refractivity contribution < 1.29 is 14.7 Å². The van der Waals surface area contributed by atoms with Crippen LogP contribution in [0.4, 0.5) is 0 Å². The zero-order valence-corrected chi connectivity index (χ0v) is 9.49. The fraction of sp³-hybridized carbons (Fsp3) is 0.800. The standard InChI is InChI=1S/C10H20N2O3/c1-4-5-7(10(14)15)12-9(13)8(11)6(2)3/h6-8H,4-5,11H2,1-3H3,(H,12,13)(H,14,15)/t7-,8?/m1/s1. The largest absolute Gasteiger partial charge is 0.480 e. The van der Waals surface area contributed by atoms with Gasteiger partial charge in [-0.15, -0.1) is 0 Å². The third-order valence-corrected chi connectivity index (χ3v) is 2.21. The molecule has 0 aliphatic heterocycles. The Balaban J connectivity index is 4.28. The smallest absolute Gasteiger partial charge is 0.326 e. The van der Waals surface area contributed by atoms with E-state index in [1.165, 1.54) is 0 Å². The molecule has 0 bridgehead atoms. The van der Waals surface area contributed by atoms with E-state index in [4.69, 9.17) is 10.8 Å². The van der Waals surface area contributed by atoms with Gasteiger partial charge in [-0.2, -0.15) is 0 Å². The van der Waals surface area contributed by atoms with Gasteiger partial charge in [0.15, 0.2) is 0 Å². The maximum absolute atomic E-state index is 11.5. The number of hydrogen-bond acceptors (Lipinski definition) is 3. The Hall–Kier alpha value is -1.10. The maximum atomic E-state index is 11.5. The van der Waals surface area contributed by atoms with Gasteiger partial charge in [-0.1, -0.05) is 27.2 Å². The number of carbonyl (C=O) groups is 2. The molecule has 0 aliphatic carbocycles. The molecule has 0 aromatic heterocycles. The summed E-state index contributed by atoms with van der Waals surface area (Å²) in [5.41, 5.74) is 5.60. The summed E-state index contributed by atoms with van der Waals surface area (Å²) in [4.78, 5) is 22.2.